The summed E-state index contributed by atoms with van der Waals surface area (Å²) in [5, 5.41) is 0. The lowest BCUT2D eigenvalue weighted by Crippen LogP contribution is -2.42. The first-order valence-corrected chi connectivity index (χ1v) is 7.13. The van der Waals surface area contributed by atoms with Crippen molar-refractivity contribution in [3.05, 3.63) is 29.8 Å². The number of amides is 1. The van der Waals surface area contributed by atoms with E-state index in [1.165, 1.54) is 6.42 Å². The van der Waals surface area contributed by atoms with Gasteiger partial charge in [0.25, 0.3) is 0 Å². The quantitative estimate of drug-likeness (QED) is 0.833. The average molecular weight is 261 g/mol. The molecule has 0 aliphatic carbocycles. The lowest BCUT2D eigenvalue weighted by atomic mass is 10.0. The molecule has 1 aliphatic heterocycles. The van der Waals surface area contributed by atoms with Crippen molar-refractivity contribution in [1.82, 2.24) is 4.90 Å². The SMILES string of the molecule is COc1cccc(CCC(=O)N2CCCCC2C)c1. The van der Waals surface area contributed by atoms with Gasteiger partial charge < -0.3 is 9.64 Å². The van der Waals surface area contributed by atoms with Crippen molar-refractivity contribution in [3.63, 3.8) is 0 Å². The van der Waals surface area contributed by atoms with Gasteiger partial charge in [-0.1, -0.05) is 12.1 Å². The van der Waals surface area contributed by atoms with Gasteiger partial charge in [0.05, 0.1) is 7.11 Å². The van der Waals surface area contributed by atoms with Crippen LogP contribution in [0.5, 0.6) is 5.75 Å². The summed E-state index contributed by atoms with van der Waals surface area (Å²) in [6.45, 7) is 3.08. The molecule has 1 atom stereocenters. The van der Waals surface area contributed by atoms with Crippen molar-refractivity contribution in [3.8, 4) is 5.75 Å². The molecule has 1 aliphatic rings. The minimum atomic E-state index is 0.287. The van der Waals surface area contributed by atoms with E-state index >= 15 is 0 Å². The molecule has 2 rings (SSSR count). The third kappa shape index (κ3) is 3.72. The van der Waals surface area contributed by atoms with Crippen molar-refractivity contribution < 1.29 is 9.53 Å². The molecule has 1 heterocycles. The average Bonchev–Trinajstić information content (AvgIpc) is 2.45. The first kappa shape index (κ1) is 13.9. The molecule has 0 aromatic heterocycles. The topological polar surface area (TPSA) is 29.5 Å². The number of carbonyl (C=O) groups is 1. The summed E-state index contributed by atoms with van der Waals surface area (Å²) in [5.74, 6) is 1.14. The molecule has 1 saturated heterocycles. The summed E-state index contributed by atoms with van der Waals surface area (Å²) in [5.41, 5.74) is 1.16. The van der Waals surface area contributed by atoms with Crippen LogP contribution in [-0.4, -0.2) is 30.5 Å². The van der Waals surface area contributed by atoms with E-state index in [-0.39, 0.29) is 5.91 Å². The molecule has 0 bridgehead atoms. The van der Waals surface area contributed by atoms with Crippen LogP contribution in [0.2, 0.25) is 0 Å². The van der Waals surface area contributed by atoms with E-state index in [0.717, 1.165) is 37.1 Å². The van der Waals surface area contributed by atoms with Crippen molar-refractivity contribution >= 4 is 5.91 Å². The first-order chi connectivity index (χ1) is 9.20. The number of methoxy groups -OCH3 is 1. The Bertz CT molecular complexity index is 431. The van der Waals surface area contributed by atoms with Crippen LogP contribution in [-0.2, 0) is 11.2 Å². The number of benzene rings is 1. The van der Waals surface area contributed by atoms with E-state index in [1.807, 2.05) is 23.1 Å². The van der Waals surface area contributed by atoms with Gasteiger partial charge in [-0.25, -0.2) is 0 Å². The van der Waals surface area contributed by atoms with E-state index in [2.05, 4.69) is 13.0 Å². The van der Waals surface area contributed by atoms with Gasteiger partial charge in [-0.2, -0.15) is 0 Å². The molecule has 3 nitrogen and oxygen atoms in total. The van der Waals surface area contributed by atoms with Crippen LogP contribution in [0.15, 0.2) is 24.3 Å². The molecule has 1 aromatic rings. The van der Waals surface area contributed by atoms with Crippen LogP contribution in [0.3, 0.4) is 0 Å². The number of carbonyl (C=O) groups excluding carboxylic acids is 1. The molecule has 1 aromatic carbocycles. The summed E-state index contributed by atoms with van der Waals surface area (Å²) < 4.78 is 5.20. The smallest absolute Gasteiger partial charge is 0.223 e. The highest BCUT2D eigenvalue weighted by atomic mass is 16.5. The zero-order valence-electron chi connectivity index (χ0n) is 11.9. The standard InChI is InChI=1S/C16H23NO2/c1-13-6-3-4-11-17(13)16(18)10-9-14-7-5-8-15(12-14)19-2/h5,7-8,12-13H,3-4,6,9-11H2,1-2H3. The van der Waals surface area contributed by atoms with Crippen molar-refractivity contribution in [1.29, 1.82) is 0 Å². The number of piperidine rings is 1. The highest BCUT2D eigenvalue weighted by molar-refractivity contribution is 5.76. The van der Waals surface area contributed by atoms with Crippen molar-refractivity contribution in [2.45, 2.75) is 45.1 Å². The van der Waals surface area contributed by atoms with Crippen LogP contribution in [0.4, 0.5) is 0 Å². The van der Waals surface area contributed by atoms with Gasteiger partial charge in [0, 0.05) is 19.0 Å². The third-order valence-corrected chi connectivity index (χ3v) is 3.89. The normalized spacial score (nSPS) is 19.3. The van der Waals surface area contributed by atoms with E-state index < -0.39 is 0 Å². The summed E-state index contributed by atoms with van der Waals surface area (Å²) in [6, 6.07) is 8.37. The summed E-state index contributed by atoms with van der Waals surface area (Å²) in [6.07, 6.45) is 4.93. The van der Waals surface area contributed by atoms with Crippen molar-refractivity contribution in [2.75, 3.05) is 13.7 Å². The van der Waals surface area contributed by atoms with Gasteiger partial charge in [-0.3, -0.25) is 4.79 Å². The summed E-state index contributed by atoms with van der Waals surface area (Å²) in [7, 11) is 1.67. The van der Waals surface area contributed by atoms with Crippen molar-refractivity contribution in [2.24, 2.45) is 0 Å². The van der Waals surface area contributed by atoms with Gasteiger partial charge in [0.2, 0.25) is 5.91 Å². The number of ether oxygens (including phenoxy) is 1. The fraction of sp³-hybridized carbons (Fsp3) is 0.562. The Kier molecular flexibility index (Phi) is 4.83. The number of hydrogen-bond acceptors (Lipinski definition) is 2. The second kappa shape index (κ2) is 6.60. The van der Waals surface area contributed by atoms with Gasteiger partial charge in [-0.05, 0) is 50.3 Å². The molecule has 0 radical (unpaired) electrons. The maximum absolute atomic E-state index is 12.2. The lowest BCUT2D eigenvalue weighted by molar-refractivity contribution is -0.134. The number of nitrogens with zero attached hydrogens (tertiary/aromatic N) is 1. The summed E-state index contributed by atoms with van der Waals surface area (Å²) in [4.78, 5) is 14.3. The van der Waals surface area contributed by atoms with Crippen LogP contribution in [0.1, 0.15) is 38.2 Å². The van der Waals surface area contributed by atoms with Gasteiger partial charge in [-0.15, -0.1) is 0 Å². The summed E-state index contributed by atoms with van der Waals surface area (Å²) >= 11 is 0. The molecule has 1 amide bonds. The number of hydrogen-bond donors (Lipinski definition) is 0. The second-order valence-electron chi connectivity index (χ2n) is 5.28. The van der Waals surface area contributed by atoms with Gasteiger partial charge in [0.1, 0.15) is 5.75 Å². The first-order valence-electron chi connectivity index (χ1n) is 7.13. The number of rotatable bonds is 4. The molecule has 0 saturated carbocycles. The fourth-order valence-corrected chi connectivity index (χ4v) is 2.69. The Labute approximate surface area is 115 Å². The largest absolute Gasteiger partial charge is 0.497 e. The molecule has 0 spiro atoms. The number of aryl methyl sites for hydroxylation is 1. The Morgan fingerprint density at radius 2 is 2.26 bits per heavy atom. The Morgan fingerprint density at radius 1 is 1.42 bits per heavy atom. The van der Waals surface area contributed by atoms with Crippen LogP contribution < -0.4 is 4.74 Å². The molecule has 1 unspecified atom stereocenters. The molecule has 104 valence electrons. The minimum Gasteiger partial charge on any atom is -0.497 e. The molecular weight excluding hydrogens is 238 g/mol. The zero-order valence-corrected chi connectivity index (χ0v) is 11.9. The highest BCUT2D eigenvalue weighted by Crippen LogP contribution is 2.19. The molecule has 1 fully saturated rings. The van der Waals surface area contributed by atoms with Gasteiger partial charge in [0.15, 0.2) is 0 Å². The minimum absolute atomic E-state index is 0.287. The van der Waals surface area contributed by atoms with Crippen LogP contribution in [0.25, 0.3) is 0 Å². The molecule has 19 heavy (non-hydrogen) atoms. The van der Waals surface area contributed by atoms with Gasteiger partial charge >= 0.3 is 0 Å². The third-order valence-electron chi connectivity index (χ3n) is 3.89. The molecule has 0 N–H and O–H groups in total. The van der Waals surface area contributed by atoms with Crippen LogP contribution in [0, 0.1) is 0 Å². The fourth-order valence-electron chi connectivity index (χ4n) is 2.69. The van der Waals surface area contributed by atoms with E-state index in [1.54, 1.807) is 7.11 Å². The maximum Gasteiger partial charge on any atom is 0.223 e. The highest BCUT2D eigenvalue weighted by Gasteiger charge is 2.22. The predicted molar refractivity (Wildman–Crippen MR) is 76.3 cm³/mol. The van der Waals surface area contributed by atoms with E-state index in [0.29, 0.717) is 12.5 Å². The predicted octanol–water partition coefficient (Wildman–Crippen LogP) is 3.03. The monoisotopic (exact) mass is 261 g/mol. The zero-order chi connectivity index (χ0) is 13.7. The van der Waals surface area contributed by atoms with E-state index in [9.17, 15) is 4.79 Å². The Morgan fingerprint density at radius 3 is 3.00 bits per heavy atom. The second-order valence-corrected chi connectivity index (χ2v) is 5.28. The van der Waals surface area contributed by atoms with Crippen LogP contribution >= 0.6 is 0 Å². The van der Waals surface area contributed by atoms with E-state index in [4.69, 9.17) is 4.74 Å². The maximum atomic E-state index is 12.2. The Hall–Kier alpha value is -1.51. The molecular formula is C16H23NO2. The number of likely N-dealkylation sites (tertiary alicyclic amines) is 1. The Balaban J connectivity index is 1.88. The molecule has 3 heteroatoms. The lowest BCUT2D eigenvalue weighted by Gasteiger charge is -2.33.